The highest BCUT2D eigenvalue weighted by Gasteiger charge is 2.19. The quantitative estimate of drug-likeness (QED) is 0.475. The van der Waals surface area contributed by atoms with Crippen molar-refractivity contribution in [1.29, 1.82) is 0 Å². The van der Waals surface area contributed by atoms with Gasteiger partial charge in [0, 0.05) is 25.6 Å². The summed E-state index contributed by atoms with van der Waals surface area (Å²) < 4.78 is 1.80. The van der Waals surface area contributed by atoms with Gasteiger partial charge in [0.15, 0.2) is 0 Å². The molecule has 0 N–H and O–H groups in total. The Hall–Kier alpha value is -3.73. The van der Waals surface area contributed by atoms with Gasteiger partial charge in [0.05, 0.1) is 24.3 Å². The number of aromatic nitrogens is 3. The van der Waals surface area contributed by atoms with Gasteiger partial charge in [-0.1, -0.05) is 36.4 Å². The first-order valence-corrected chi connectivity index (χ1v) is 9.97. The lowest BCUT2D eigenvalue weighted by atomic mass is 10.00. The van der Waals surface area contributed by atoms with Crippen LogP contribution in [0.1, 0.15) is 24.1 Å². The molecule has 0 aliphatic rings. The van der Waals surface area contributed by atoms with E-state index < -0.39 is 0 Å². The number of carbonyl (C=O) groups excluding carboxylic acids is 1. The number of rotatable bonds is 6. The van der Waals surface area contributed by atoms with Gasteiger partial charge in [-0.2, -0.15) is 5.10 Å². The monoisotopic (exact) mass is 396 g/mol. The highest BCUT2D eigenvalue weighted by molar-refractivity contribution is 5.79. The second-order valence-corrected chi connectivity index (χ2v) is 7.35. The molecule has 30 heavy (non-hydrogen) atoms. The van der Waals surface area contributed by atoms with E-state index in [0.29, 0.717) is 6.42 Å². The molecule has 0 bridgehead atoms. The topological polar surface area (TPSA) is 51.0 Å². The van der Waals surface area contributed by atoms with Crippen molar-refractivity contribution < 1.29 is 4.79 Å². The van der Waals surface area contributed by atoms with Gasteiger partial charge in [-0.25, -0.2) is 4.68 Å². The summed E-state index contributed by atoms with van der Waals surface area (Å²) in [6.07, 6.45) is 7.56. The standard InChI is InChI=1S/C25H24N4O/c1-19(22-7-6-8-23(16-22)21-11-13-26-14-12-21)28(2)25(30)15-20-17-27-29(18-20)24-9-4-3-5-10-24/h3-14,16-19H,15H2,1-2H3/t19-/m1/s1. The van der Waals surface area contributed by atoms with Crippen molar-refractivity contribution >= 4 is 5.91 Å². The first-order valence-electron chi connectivity index (χ1n) is 9.97. The molecule has 150 valence electrons. The number of hydrogen-bond donors (Lipinski definition) is 0. The fourth-order valence-corrected chi connectivity index (χ4v) is 3.43. The largest absolute Gasteiger partial charge is 0.339 e. The van der Waals surface area contributed by atoms with Gasteiger partial charge in [0.25, 0.3) is 0 Å². The summed E-state index contributed by atoms with van der Waals surface area (Å²) in [7, 11) is 1.85. The van der Waals surface area contributed by atoms with E-state index in [9.17, 15) is 4.79 Å². The summed E-state index contributed by atoms with van der Waals surface area (Å²) in [6, 6.07) is 22.1. The molecule has 0 saturated carbocycles. The zero-order chi connectivity index (χ0) is 20.9. The van der Waals surface area contributed by atoms with Gasteiger partial charge in [0.2, 0.25) is 5.91 Å². The summed E-state index contributed by atoms with van der Waals surface area (Å²) in [5, 5.41) is 4.39. The van der Waals surface area contributed by atoms with Crippen molar-refractivity contribution in [3.63, 3.8) is 0 Å². The molecule has 2 aromatic heterocycles. The Kier molecular flexibility index (Phi) is 5.70. The van der Waals surface area contributed by atoms with Crippen molar-refractivity contribution in [2.75, 3.05) is 7.05 Å². The van der Waals surface area contributed by atoms with Gasteiger partial charge in [-0.05, 0) is 59.5 Å². The lowest BCUT2D eigenvalue weighted by Gasteiger charge is -2.25. The van der Waals surface area contributed by atoms with Crippen LogP contribution in [-0.4, -0.2) is 32.6 Å². The Morgan fingerprint density at radius 1 is 1.00 bits per heavy atom. The number of hydrogen-bond acceptors (Lipinski definition) is 3. The summed E-state index contributed by atoms with van der Waals surface area (Å²) in [4.78, 5) is 18.8. The molecule has 5 nitrogen and oxygen atoms in total. The highest BCUT2D eigenvalue weighted by Crippen LogP contribution is 2.25. The van der Waals surface area contributed by atoms with Crippen molar-refractivity contribution in [1.82, 2.24) is 19.7 Å². The Labute approximate surface area is 176 Å². The maximum atomic E-state index is 12.9. The number of carbonyl (C=O) groups is 1. The van der Waals surface area contributed by atoms with Crippen LogP contribution < -0.4 is 0 Å². The lowest BCUT2D eigenvalue weighted by molar-refractivity contribution is -0.131. The Morgan fingerprint density at radius 3 is 2.53 bits per heavy atom. The fourth-order valence-electron chi connectivity index (χ4n) is 3.43. The molecule has 4 rings (SSSR count). The summed E-state index contributed by atoms with van der Waals surface area (Å²) in [5.41, 5.74) is 5.20. The molecule has 0 aliphatic carbocycles. The maximum absolute atomic E-state index is 12.9. The zero-order valence-electron chi connectivity index (χ0n) is 17.1. The smallest absolute Gasteiger partial charge is 0.227 e. The SMILES string of the molecule is C[C@H](c1cccc(-c2ccncc2)c1)N(C)C(=O)Cc1cnn(-c2ccccc2)c1. The summed E-state index contributed by atoms with van der Waals surface area (Å²) in [6.45, 7) is 2.05. The minimum Gasteiger partial charge on any atom is -0.339 e. The molecular weight excluding hydrogens is 372 g/mol. The van der Waals surface area contributed by atoms with Crippen molar-refractivity contribution in [2.45, 2.75) is 19.4 Å². The second-order valence-electron chi connectivity index (χ2n) is 7.35. The van der Waals surface area contributed by atoms with Crippen LogP contribution in [0.2, 0.25) is 0 Å². The second kappa shape index (κ2) is 8.74. The normalized spacial score (nSPS) is 11.8. The predicted octanol–water partition coefficient (Wildman–Crippen LogP) is 4.70. The van der Waals surface area contributed by atoms with Gasteiger partial charge >= 0.3 is 0 Å². The molecule has 0 spiro atoms. The van der Waals surface area contributed by atoms with Crippen LogP contribution in [0.3, 0.4) is 0 Å². The first-order chi connectivity index (χ1) is 14.6. The number of likely N-dealkylation sites (N-methyl/N-ethyl adjacent to an activating group) is 1. The third kappa shape index (κ3) is 4.30. The van der Waals surface area contributed by atoms with E-state index in [1.807, 2.05) is 61.8 Å². The fraction of sp³-hybridized carbons (Fsp3) is 0.160. The van der Waals surface area contributed by atoms with Crippen molar-refractivity contribution in [2.24, 2.45) is 0 Å². The van der Waals surface area contributed by atoms with E-state index in [0.717, 1.165) is 27.9 Å². The molecule has 2 aromatic carbocycles. The number of nitrogens with zero attached hydrogens (tertiary/aromatic N) is 4. The van der Waals surface area contributed by atoms with Crippen LogP contribution in [-0.2, 0) is 11.2 Å². The van der Waals surface area contributed by atoms with Crippen LogP contribution in [0.25, 0.3) is 16.8 Å². The van der Waals surface area contributed by atoms with Crippen LogP contribution >= 0.6 is 0 Å². The zero-order valence-corrected chi connectivity index (χ0v) is 17.1. The van der Waals surface area contributed by atoms with E-state index >= 15 is 0 Å². The molecule has 5 heteroatoms. The molecule has 0 unspecified atom stereocenters. The molecule has 0 saturated heterocycles. The van der Waals surface area contributed by atoms with Gasteiger partial charge in [0.1, 0.15) is 0 Å². The van der Waals surface area contributed by atoms with E-state index in [4.69, 9.17) is 0 Å². The number of benzene rings is 2. The van der Waals surface area contributed by atoms with Gasteiger partial charge in [-0.3, -0.25) is 9.78 Å². The van der Waals surface area contributed by atoms with Crippen molar-refractivity contribution in [3.05, 3.63) is 103 Å². The first kappa shape index (κ1) is 19.6. The molecule has 4 aromatic rings. The molecular formula is C25H24N4O. The molecule has 1 atom stereocenters. The van der Waals surface area contributed by atoms with Crippen LogP contribution in [0.5, 0.6) is 0 Å². The molecule has 2 heterocycles. The Bertz CT molecular complexity index is 1120. The average molecular weight is 396 g/mol. The summed E-state index contributed by atoms with van der Waals surface area (Å²) in [5.74, 6) is 0.0597. The highest BCUT2D eigenvalue weighted by atomic mass is 16.2. The van der Waals surface area contributed by atoms with E-state index in [1.54, 1.807) is 28.2 Å². The molecule has 0 radical (unpaired) electrons. The third-order valence-electron chi connectivity index (χ3n) is 5.37. The maximum Gasteiger partial charge on any atom is 0.227 e. The predicted molar refractivity (Wildman–Crippen MR) is 118 cm³/mol. The van der Waals surface area contributed by atoms with E-state index in [-0.39, 0.29) is 11.9 Å². The molecule has 0 aliphatic heterocycles. The van der Waals surface area contributed by atoms with Gasteiger partial charge < -0.3 is 4.90 Å². The Morgan fingerprint density at radius 2 is 1.77 bits per heavy atom. The lowest BCUT2D eigenvalue weighted by Crippen LogP contribution is -2.30. The van der Waals surface area contributed by atoms with E-state index in [1.165, 1.54) is 0 Å². The number of para-hydroxylation sites is 1. The molecule has 1 amide bonds. The Balaban J connectivity index is 1.46. The summed E-state index contributed by atoms with van der Waals surface area (Å²) >= 11 is 0. The minimum atomic E-state index is -0.0385. The van der Waals surface area contributed by atoms with Gasteiger partial charge in [-0.15, -0.1) is 0 Å². The van der Waals surface area contributed by atoms with E-state index in [2.05, 4.69) is 35.2 Å². The third-order valence-corrected chi connectivity index (χ3v) is 5.37. The minimum absolute atomic E-state index is 0.0385. The van der Waals surface area contributed by atoms with Crippen LogP contribution in [0, 0.1) is 0 Å². The molecule has 0 fully saturated rings. The van der Waals surface area contributed by atoms with Crippen molar-refractivity contribution in [3.8, 4) is 16.8 Å². The number of pyridine rings is 1. The van der Waals surface area contributed by atoms with Crippen LogP contribution in [0.4, 0.5) is 0 Å². The number of amides is 1. The van der Waals surface area contributed by atoms with Crippen LogP contribution in [0.15, 0.2) is 91.5 Å². The average Bonchev–Trinajstić information content (AvgIpc) is 3.28.